The Labute approximate surface area is 199 Å². The second-order valence-corrected chi connectivity index (χ2v) is 9.19. The first-order valence-corrected chi connectivity index (χ1v) is 11.6. The van der Waals surface area contributed by atoms with Crippen LogP contribution in [0.15, 0.2) is 73.1 Å². The molecule has 34 heavy (non-hydrogen) atoms. The monoisotopic (exact) mass is 453 g/mol. The Morgan fingerprint density at radius 3 is 2.56 bits per heavy atom. The minimum atomic E-state index is -0.0434. The van der Waals surface area contributed by atoms with Gasteiger partial charge in [0, 0.05) is 31.2 Å². The number of urea groups is 1. The third-order valence-corrected chi connectivity index (χ3v) is 6.67. The molecule has 3 heterocycles. The lowest BCUT2D eigenvalue weighted by Gasteiger charge is -2.53. The minimum Gasteiger partial charge on any atom is -0.457 e. The van der Waals surface area contributed by atoms with Gasteiger partial charge in [0.25, 0.3) is 0 Å². The predicted octanol–water partition coefficient (Wildman–Crippen LogP) is 4.88. The van der Waals surface area contributed by atoms with Gasteiger partial charge in [-0.05, 0) is 74.0 Å². The molecular formula is C27H27N5O2. The van der Waals surface area contributed by atoms with Gasteiger partial charge in [-0.15, -0.1) is 0 Å². The van der Waals surface area contributed by atoms with Gasteiger partial charge in [-0.1, -0.05) is 18.2 Å². The van der Waals surface area contributed by atoms with E-state index in [1.165, 1.54) is 5.56 Å². The number of hydrogen-bond acceptors (Lipinski definition) is 5. The molecule has 7 nitrogen and oxygen atoms in total. The number of nitrogens with one attached hydrogen (secondary N) is 1. The van der Waals surface area contributed by atoms with Crippen molar-refractivity contribution >= 4 is 11.7 Å². The van der Waals surface area contributed by atoms with Gasteiger partial charge in [0.15, 0.2) is 0 Å². The zero-order valence-corrected chi connectivity index (χ0v) is 19.0. The highest BCUT2D eigenvalue weighted by atomic mass is 16.5. The van der Waals surface area contributed by atoms with Gasteiger partial charge >= 0.3 is 6.03 Å². The van der Waals surface area contributed by atoms with E-state index >= 15 is 0 Å². The van der Waals surface area contributed by atoms with Gasteiger partial charge in [0.1, 0.15) is 11.5 Å². The van der Waals surface area contributed by atoms with Gasteiger partial charge in [0.05, 0.1) is 23.5 Å². The van der Waals surface area contributed by atoms with Crippen LogP contribution in [-0.4, -0.2) is 47.0 Å². The van der Waals surface area contributed by atoms with Crippen molar-refractivity contribution in [2.24, 2.45) is 5.41 Å². The van der Waals surface area contributed by atoms with E-state index in [0.717, 1.165) is 57.0 Å². The molecule has 0 saturated carbocycles. The molecule has 2 saturated heterocycles. The lowest BCUT2D eigenvalue weighted by Crippen LogP contribution is -2.62. The predicted molar refractivity (Wildman–Crippen MR) is 129 cm³/mol. The molecular weight excluding hydrogens is 426 g/mol. The zero-order valence-electron chi connectivity index (χ0n) is 19.0. The van der Waals surface area contributed by atoms with Crippen LogP contribution in [0.3, 0.4) is 0 Å². The Balaban J connectivity index is 1.11. The van der Waals surface area contributed by atoms with Crippen LogP contribution in [-0.2, 0) is 6.54 Å². The molecule has 2 aliphatic rings. The van der Waals surface area contributed by atoms with Crippen LogP contribution in [0.4, 0.5) is 10.5 Å². The van der Waals surface area contributed by atoms with E-state index in [2.05, 4.69) is 33.4 Å². The summed E-state index contributed by atoms with van der Waals surface area (Å²) in [5.74, 6) is 1.44. The Morgan fingerprint density at radius 1 is 1.06 bits per heavy atom. The summed E-state index contributed by atoms with van der Waals surface area (Å²) in [5.41, 5.74) is 2.77. The fraction of sp³-hybridized carbons (Fsp3) is 0.296. The van der Waals surface area contributed by atoms with Gasteiger partial charge in [-0.3, -0.25) is 9.88 Å². The van der Waals surface area contributed by atoms with Crippen LogP contribution in [0.2, 0.25) is 0 Å². The van der Waals surface area contributed by atoms with Gasteiger partial charge in [0.2, 0.25) is 0 Å². The molecule has 0 unspecified atom stereocenters. The maximum atomic E-state index is 12.5. The first-order chi connectivity index (χ1) is 16.6. The topological polar surface area (TPSA) is 81.5 Å². The molecule has 3 aromatic rings. The summed E-state index contributed by atoms with van der Waals surface area (Å²) in [5, 5.41) is 12.0. The number of rotatable bonds is 5. The lowest BCUT2D eigenvalue weighted by atomic mass is 9.72. The van der Waals surface area contributed by atoms with Crippen LogP contribution in [0.5, 0.6) is 11.5 Å². The molecule has 1 spiro atoms. The van der Waals surface area contributed by atoms with Crippen LogP contribution >= 0.6 is 0 Å². The van der Waals surface area contributed by atoms with Crippen molar-refractivity contribution in [3.8, 4) is 17.6 Å². The van der Waals surface area contributed by atoms with Crippen molar-refractivity contribution in [3.05, 3.63) is 84.2 Å². The Morgan fingerprint density at radius 2 is 1.82 bits per heavy atom. The number of likely N-dealkylation sites (tertiary alicyclic amines) is 2. The fourth-order valence-electron chi connectivity index (χ4n) is 4.78. The number of ether oxygens (including phenoxy) is 1. The third kappa shape index (κ3) is 5.03. The molecule has 172 valence electrons. The van der Waals surface area contributed by atoms with E-state index in [9.17, 15) is 4.79 Å². The molecule has 5 rings (SSSR count). The Kier molecular flexibility index (Phi) is 6.15. The molecule has 0 aliphatic carbocycles. The number of carbonyl (C=O) groups is 1. The van der Waals surface area contributed by atoms with Crippen molar-refractivity contribution in [1.82, 2.24) is 14.8 Å². The summed E-state index contributed by atoms with van der Waals surface area (Å²) in [6.07, 6.45) is 5.55. The normalized spacial score (nSPS) is 17.0. The second-order valence-electron chi connectivity index (χ2n) is 9.19. The molecule has 0 radical (unpaired) electrons. The van der Waals surface area contributed by atoms with E-state index in [4.69, 9.17) is 10.00 Å². The van der Waals surface area contributed by atoms with E-state index in [0.29, 0.717) is 11.3 Å². The molecule has 1 N–H and O–H groups in total. The summed E-state index contributed by atoms with van der Waals surface area (Å²) in [6.45, 7) is 4.55. The van der Waals surface area contributed by atoms with E-state index in [-0.39, 0.29) is 11.4 Å². The Bertz CT molecular complexity index is 1190. The number of benzene rings is 2. The van der Waals surface area contributed by atoms with Gasteiger partial charge in [-0.25, -0.2) is 4.79 Å². The van der Waals surface area contributed by atoms with Crippen molar-refractivity contribution in [3.63, 3.8) is 0 Å². The maximum Gasteiger partial charge on any atom is 0.321 e. The SMILES string of the molecule is N#Cc1cccc(Oc2cccc(CN3CCC4(CC3)CN(C(=O)Nc3cccnc3)C4)c2)c1. The quantitative estimate of drug-likeness (QED) is 0.596. The largest absolute Gasteiger partial charge is 0.457 e. The number of piperidine rings is 1. The third-order valence-electron chi connectivity index (χ3n) is 6.67. The molecule has 0 atom stereocenters. The van der Waals surface area contributed by atoms with Crippen LogP contribution in [0, 0.1) is 16.7 Å². The molecule has 0 bridgehead atoms. The van der Waals surface area contributed by atoms with E-state index in [1.54, 1.807) is 24.5 Å². The van der Waals surface area contributed by atoms with Crippen LogP contribution < -0.4 is 10.1 Å². The number of amides is 2. The van der Waals surface area contributed by atoms with Gasteiger partial charge in [-0.2, -0.15) is 5.26 Å². The van der Waals surface area contributed by atoms with Crippen molar-refractivity contribution in [2.45, 2.75) is 19.4 Å². The highest BCUT2D eigenvalue weighted by molar-refractivity contribution is 5.89. The maximum absolute atomic E-state index is 12.5. The molecule has 2 aliphatic heterocycles. The van der Waals surface area contributed by atoms with Crippen molar-refractivity contribution in [1.29, 1.82) is 5.26 Å². The summed E-state index contributed by atoms with van der Waals surface area (Å²) >= 11 is 0. The van der Waals surface area contributed by atoms with Crippen LogP contribution in [0.25, 0.3) is 0 Å². The number of nitrogens with zero attached hydrogens (tertiary/aromatic N) is 4. The second kappa shape index (κ2) is 9.54. The summed E-state index contributed by atoms with van der Waals surface area (Å²) in [6, 6.07) is 21.1. The average Bonchev–Trinajstić information content (AvgIpc) is 2.84. The van der Waals surface area contributed by atoms with Crippen molar-refractivity contribution < 1.29 is 9.53 Å². The number of carbonyl (C=O) groups excluding carboxylic acids is 1. The molecule has 7 heteroatoms. The smallest absolute Gasteiger partial charge is 0.321 e. The molecule has 2 aromatic carbocycles. The minimum absolute atomic E-state index is 0.0434. The summed E-state index contributed by atoms with van der Waals surface area (Å²) < 4.78 is 5.97. The lowest BCUT2D eigenvalue weighted by molar-refractivity contribution is -0.0200. The molecule has 2 amide bonds. The average molecular weight is 454 g/mol. The zero-order chi connectivity index (χ0) is 23.4. The highest BCUT2D eigenvalue weighted by Crippen LogP contribution is 2.41. The number of nitriles is 1. The van der Waals surface area contributed by atoms with Crippen LogP contribution in [0.1, 0.15) is 24.0 Å². The van der Waals surface area contributed by atoms with E-state index < -0.39 is 0 Å². The summed E-state index contributed by atoms with van der Waals surface area (Å²) in [7, 11) is 0. The Hall–Kier alpha value is -3.89. The van der Waals surface area contributed by atoms with Gasteiger partial charge < -0.3 is 15.0 Å². The number of pyridine rings is 1. The first kappa shape index (κ1) is 21.9. The number of aromatic nitrogens is 1. The summed E-state index contributed by atoms with van der Waals surface area (Å²) in [4.78, 5) is 20.9. The number of anilines is 1. The highest BCUT2D eigenvalue weighted by Gasteiger charge is 2.46. The van der Waals surface area contributed by atoms with Crippen molar-refractivity contribution in [2.75, 3.05) is 31.5 Å². The first-order valence-electron chi connectivity index (χ1n) is 11.6. The fourth-order valence-corrected chi connectivity index (χ4v) is 4.78. The molecule has 2 fully saturated rings. The standard InChI is InChI=1S/C27H27N5O2/c28-16-21-4-1-7-24(14-21)34-25-8-2-5-22(15-25)18-31-12-9-27(10-13-31)19-32(20-27)26(33)30-23-6-3-11-29-17-23/h1-8,11,14-15,17H,9-10,12-13,18-20H2,(H,30,33). The molecule has 1 aromatic heterocycles. The number of hydrogen-bond donors (Lipinski definition) is 1. The van der Waals surface area contributed by atoms with E-state index in [1.807, 2.05) is 41.3 Å².